The molecule has 0 bridgehead atoms. The molecule has 0 radical (unpaired) electrons. The van der Waals surface area contributed by atoms with Gasteiger partial charge in [0.25, 0.3) is 8.03 Å². The summed E-state index contributed by atoms with van der Waals surface area (Å²) in [6.45, 7) is 6.43. The monoisotopic (exact) mass is 272 g/mol. The summed E-state index contributed by atoms with van der Waals surface area (Å²) in [5, 5.41) is 0.825. The second-order valence-electron chi connectivity index (χ2n) is 5.87. The highest BCUT2D eigenvalue weighted by molar-refractivity contribution is 7.49. The molecule has 0 aromatic heterocycles. The van der Waals surface area contributed by atoms with Gasteiger partial charge in [-0.25, -0.2) is 0 Å². The Labute approximate surface area is 114 Å². The van der Waals surface area contributed by atoms with Gasteiger partial charge in [-0.2, -0.15) is 0 Å². The molecule has 1 aliphatic rings. The van der Waals surface area contributed by atoms with Crippen molar-refractivity contribution in [3.63, 3.8) is 0 Å². The summed E-state index contributed by atoms with van der Waals surface area (Å²) in [4.78, 5) is 0. The van der Waals surface area contributed by atoms with Crippen LogP contribution in [0.1, 0.15) is 26.3 Å². The highest BCUT2D eigenvalue weighted by Gasteiger charge is 2.28. The van der Waals surface area contributed by atoms with Gasteiger partial charge >= 0.3 is 0 Å². The summed E-state index contributed by atoms with van der Waals surface area (Å²) < 4.78 is 18.1. The van der Waals surface area contributed by atoms with Crippen molar-refractivity contribution in [2.75, 3.05) is 0 Å². The standard InChI is InChI=1S/C16H17O2P/c1-16(2,3)13-9-6-8-12-11-7-4-5-10-14(11)19(17)18-15(12)13/h4-10,19H,1-3H3. The van der Waals surface area contributed by atoms with Crippen molar-refractivity contribution in [1.82, 2.24) is 0 Å². The van der Waals surface area contributed by atoms with E-state index in [9.17, 15) is 4.57 Å². The lowest BCUT2D eigenvalue weighted by Gasteiger charge is -2.28. The molecule has 1 atom stereocenters. The van der Waals surface area contributed by atoms with Crippen LogP contribution in [0.2, 0.25) is 0 Å². The number of hydrogen-bond acceptors (Lipinski definition) is 2. The van der Waals surface area contributed by atoms with E-state index in [1.807, 2.05) is 36.4 Å². The predicted octanol–water partition coefficient (Wildman–Crippen LogP) is 4.14. The van der Waals surface area contributed by atoms with Crippen molar-refractivity contribution in [2.45, 2.75) is 26.2 Å². The van der Waals surface area contributed by atoms with Gasteiger partial charge in [0, 0.05) is 11.1 Å². The normalized spacial score (nSPS) is 17.3. The zero-order valence-corrected chi connectivity index (χ0v) is 12.4. The minimum absolute atomic E-state index is 0.0280. The van der Waals surface area contributed by atoms with Crippen LogP contribution < -0.4 is 9.83 Å². The van der Waals surface area contributed by atoms with Crippen LogP contribution in [0.3, 0.4) is 0 Å². The van der Waals surface area contributed by atoms with Crippen LogP contribution in [-0.4, -0.2) is 0 Å². The van der Waals surface area contributed by atoms with Crippen LogP contribution in [0, 0.1) is 0 Å². The molecule has 0 amide bonds. The molecule has 1 heterocycles. The van der Waals surface area contributed by atoms with Crippen molar-refractivity contribution in [3.8, 4) is 16.9 Å². The van der Waals surface area contributed by atoms with Crippen LogP contribution in [0.25, 0.3) is 11.1 Å². The second kappa shape index (κ2) is 4.25. The Kier molecular flexibility index (Phi) is 2.79. The molecule has 1 aliphatic heterocycles. The van der Waals surface area contributed by atoms with Gasteiger partial charge in [0.15, 0.2) is 0 Å². The van der Waals surface area contributed by atoms with Crippen LogP contribution in [0.15, 0.2) is 42.5 Å². The number of fused-ring (bicyclic) bond motifs is 3. The molecule has 0 fully saturated rings. The first-order valence-corrected chi connectivity index (χ1v) is 7.75. The smallest absolute Gasteiger partial charge is 0.266 e. The average molecular weight is 272 g/mol. The van der Waals surface area contributed by atoms with Crippen LogP contribution >= 0.6 is 8.03 Å². The van der Waals surface area contributed by atoms with Gasteiger partial charge < -0.3 is 4.52 Å². The Hall–Kier alpha value is -1.53. The molecule has 0 aliphatic carbocycles. The highest BCUT2D eigenvalue weighted by Crippen LogP contribution is 2.47. The van der Waals surface area contributed by atoms with E-state index in [-0.39, 0.29) is 5.41 Å². The molecule has 0 saturated carbocycles. The van der Waals surface area contributed by atoms with E-state index in [1.165, 1.54) is 0 Å². The zero-order chi connectivity index (χ0) is 13.6. The van der Waals surface area contributed by atoms with E-state index in [4.69, 9.17) is 4.52 Å². The Balaban J connectivity index is 2.31. The summed E-state index contributed by atoms with van der Waals surface area (Å²) in [6, 6.07) is 13.9. The molecule has 98 valence electrons. The van der Waals surface area contributed by atoms with E-state index in [1.54, 1.807) is 0 Å². The number of para-hydroxylation sites is 1. The number of hydrogen-bond donors (Lipinski definition) is 0. The van der Waals surface area contributed by atoms with E-state index >= 15 is 0 Å². The van der Waals surface area contributed by atoms with Gasteiger partial charge in [-0.05, 0) is 17.0 Å². The molecular formula is C16H17O2P. The summed E-state index contributed by atoms with van der Waals surface area (Å²) in [5.74, 6) is 0.789. The first-order valence-electron chi connectivity index (χ1n) is 6.43. The largest absolute Gasteiger partial charge is 0.441 e. The Bertz CT molecular complexity index is 669. The van der Waals surface area contributed by atoms with E-state index in [2.05, 4.69) is 26.8 Å². The molecule has 0 N–H and O–H groups in total. The fraction of sp³-hybridized carbons (Fsp3) is 0.250. The van der Waals surface area contributed by atoms with Gasteiger partial charge in [0.05, 0.1) is 5.30 Å². The lowest BCUT2D eigenvalue weighted by Crippen LogP contribution is -2.17. The number of benzene rings is 2. The van der Waals surface area contributed by atoms with Crippen LogP contribution in [0.4, 0.5) is 0 Å². The fourth-order valence-electron chi connectivity index (χ4n) is 2.49. The van der Waals surface area contributed by atoms with Crippen LogP contribution in [0.5, 0.6) is 5.75 Å². The minimum atomic E-state index is -2.19. The molecule has 0 spiro atoms. The summed E-state index contributed by atoms with van der Waals surface area (Å²) in [6.07, 6.45) is 0. The summed E-state index contributed by atoms with van der Waals surface area (Å²) in [5.41, 5.74) is 3.17. The van der Waals surface area contributed by atoms with Crippen LogP contribution in [-0.2, 0) is 9.98 Å². The molecule has 0 saturated heterocycles. The predicted molar refractivity (Wildman–Crippen MR) is 79.8 cm³/mol. The third-order valence-corrected chi connectivity index (χ3v) is 4.72. The second-order valence-corrected chi connectivity index (χ2v) is 7.19. The molecule has 2 aromatic rings. The van der Waals surface area contributed by atoms with Gasteiger partial charge in [-0.15, -0.1) is 0 Å². The van der Waals surface area contributed by atoms with Crippen molar-refractivity contribution >= 4 is 13.3 Å². The molecule has 3 rings (SSSR count). The fourth-order valence-corrected chi connectivity index (χ4v) is 3.68. The lowest BCUT2D eigenvalue weighted by molar-refractivity contribution is 0.493. The Morgan fingerprint density at radius 3 is 2.37 bits per heavy atom. The maximum Gasteiger partial charge on any atom is 0.266 e. The third-order valence-electron chi connectivity index (χ3n) is 3.45. The van der Waals surface area contributed by atoms with E-state index in [0.29, 0.717) is 0 Å². The molecule has 1 unspecified atom stereocenters. The lowest BCUT2D eigenvalue weighted by atomic mass is 9.84. The van der Waals surface area contributed by atoms with E-state index < -0.39 is 8.03 Å². The van der Waals surface area contributed by atoms with Gasteiger partial charge in [-0.1, -0.05) is 57.2 Å². The SMILES string of the molecule is CC(C)(C)c1cccc2c1O[PH](=O)c1ccccc1-2. The molecule has 3 heteroatoms. The maximum absolute atomic E-state index is 12.3. The van der Waals surface area contributed by atoms with E-state index in [0.717, 1.165) is 27.7 Å². The van der Waals surface area contributed by atoms with Crippen molar-refractivity contribution < 1.29 is 9.09 Å². The molecule has 19 heavy (non-hydrogen) atoms. The highest BCUT2D eigenvalue weighted by atomic mass is 31.1. The number of rotatable bonds is 0. The van der Waals surface area contributed by atoms with Gasteiger partial charge in [-0.3, -0.25) is 4.57 Å². The maximum atomic E-state index is 12.3. The third kappa shape index (κ3) is 2.01. The van der Waals surface area contributed by atoms with Crippen molar-refractivity contribution in [2.24, 2.45) is 0 Å². The molecule has 2 nitrogen and oxygen atoms in total. The Morgan fingerprint density at radius 1 is 0.947 bits per heavy atom. The minimum Gasteiger partial charge on any atom is -0.441 e. The molecular weight excluding hydrogens is 255 g/mol. The first-order chi connectivity index (χ1) is 8.98. The summed E-state index contributed by atoms with van der Waals surface area (Å²) in [7, 11) is -2.19. The molecule has 2 aromatic carbocycles. The first kappa shape index (κ1) is 12.5. The zero-order valence-electron chi connectivity index (χ0n) is 11.4. The van der Waals surface area contributed by atoms with Gasteiger partial charge in [0.2, 0.25) is 0 Å². The summed E-state index contributed by atoms with van der Waals surface area (Å²) >= 11 is 0. The Morgan fingerprint density at radius 2 is 1.63 bits per heavy atom. The van der Waals surface area contributed by atoms with Gasteiger partial charge in [0.1, 0.15) is 5.75 Å². The van der Waals surface area contributed by atoms with Crippen molar-refractivity contribution in [1.29, 1.82) is 0 Å². The average Bonchev–Trinajstić information content (AvgIpc) is 2.37. The quantitative estimate of drug-likeness (QED) is 0.674. The topological polar surface area (TPSA) is 26.3 Å². The van der Waals surface area contributed by atoms with Crippen molar-refractivity contribution in [3.05, 3.63) is 48.0 Å².